The fraction of sp³-hybridized carbons (Fsp3) is 0.222. The van der Waals surface area contributed by atoms with Gasteiger partial charge >= 0.3 is 0 Å². The predicted octanol–water partition coefficient (Wildman–Crippen LogP) is 2.20. The molecule has 0 fully saturated rings. The quantitative estimate of drug-likeness (QED) is 0.739. The molecular formula is C18H17F3N2O3. The fourth-order valence-electron chi connectivity index (χ4n) is 2.19. The van der Waals surface area contributed by atoms with E-state index in [-0.39, 0.29) is 0 Å². The Kier molecular flexibility index (Phi) is 6.60. The monoisotopic (exact) mass is 366 g/mol. The van der Waals surface area contributed by atoms with Gasteiger partial charge in [-0.3, -0.25) is 9.59 Å². The summed E-state index contributed by atoms with van der Waals surface area (Å²) < 4.78 is 44.6. The van der Waals surface area contributed by atoms with Gasteiger partial charge in [-0.2, -0.15) is 0 Å². The minimum atomic E-state index is -1.74. The third kappa shape index (κ3) is 4.98. The first-order chi connectivity index (χ1) is 12.4. The largest absolute Gasteiger partial charge is 0.497 e. The molecule has 0 saturated heterocycles. The van der Waals surface area contributed by atoms with Gasteiger partial charge < -0.3 is 15.4 Å². The number of hydrogen-bond donors (Lipinski definition) is 2. The van der Waals surface area contributed by atoms with Crippen molar-refractivity contribution in [3.8, 4) is 5.75 Å². The van der Waals surface area contributed by atoms with Crippen LogP contribution in [-0.2, 0) is 11.2 Å². The highest BCUT2D eigenvalue weighted by atomic mass is 19.2. The highest BCUT2D eigenvalue weighted by Crippen LogP contribution is 2.15. The minimum absolute atomic E-state index is 0.321. The first-order valence-corrected chi connectivity index (χ1v) is 7.73. The number of hydrogen-bond acceptors (Lipinski definition) is 3. The van der Waals surface area contributed by atoms with Crippen molar-refractivity contribution in [3.63, 3.8) is 0 Å². The maximum Gasteiger partial charge on any atom is 0.254 e. The molecule has 26 heavy (non-hydrogen) atoms. The molecule has 0 aliphatic carbocycles. The molecule has 2 amide bonds. The Balaban J connectivity index is 1.79. The van der Waals surface area contributed by atoms with E-state index >= 15 is 0 Å². The van der Waals surface area contributed by atoms with Crippen LogP contribution in [0.5, 0.6) is 5.75 Å². The number of carbonyl (C=O) groups is 2. The lowest BCUT2D eigenvalue weighted by Gasteiger charge is -2.09. The smallest absolute Gasteiger partial charge is 0.254 e. The van der Waals surface area contributed by atoms with Crippen molar-refractivity contribution in [2.24, 2.45) is 0 Å². The van der Waals surface area contributed by atoms with E-state index in [1.807, 2.05) is 18.2 Å². The number of carbonyl (C=O) groups excluding carboxylic acids is 2. The normalized spacial score (nSPS) is 10.3. The lowest BCUT2D eigenvalue weighted by atomic mass is 10.1. The molecule has 138 valence electrons. The molecule has 0 aromatic heterocycles. The molecule has 2 aromatic carbocycles. The van der Waals surface area contributed by atoms with Crippen molar-refractivity contribution < 1.29 is 27.5 Å². The second-order valence-electron chi connectivity index (χ2n) is 5.36. The van der Waals surface area contributed by atoms with E-state index in [9.17, 15) is 22.8 Å². The molecule has 8 heteroatoms. The van der Waals surface area contributed by atoms with Crippen LogP contribution in [0.25, 0.3) is 0 Å². The van der Waals surface area contributed by atoms with Crippen LogP contribution >= 0.6 is 0 Å². The molecule has 0 saturated carbocycles. The summed E-state index contributed by atoms with van der Waals surface area (Å²) >= 11 is 0. The van der Waals surface area contributed by atoms with E-state index in [0.717, 1.165) is 11.6 Å². The lowest BCUT2D eigenvalue weighted by molar-refractivity contribution is -0.120. The zero-order valence-electron chi connectivity index (χ0n) is 13.9. The standard InChI is InChI=1S/C18H17F3N2O3/c1-26-12-4-2-3-11(9-12)7-8-22-15(24)10-23-18(25)13-5-6-14(19)17(21)16(13)20/h2-6,9H,7-8,10H2,1H3,(H,22,24)(H,23,25). The van der Waals surface area contributed by atoms with Gasteiger partial charge in [0.15, 0.2) is 17.5 Å². The maximum atomic E-state index is 13.5. The molecular weight excluding hydrogens is 349 g/mol. The third-order valence-electron chi connectivity index (χ3n) is 3.56. The third-order valence-corrected chi connectivity index (χ3v) is 3.56. The van der Waals surface area contributed by atoms with Crippen LogP contribution in [0.3, 0.4) is 0 Å². The van der Waals surface area contributed by atoms with Gasteiger partial charge in [-0.15, -0.1) is 0 Å². The number of rotatable bonds is 7. The Morgan fingerprint density at radius 1 is 1.04 bits per heavy atom. The Morgan fingerprint density at radius 3 is 2.54 bits per heavy atom. The summed E-state index contributed by atoms with van der Waals surface area (Å²) in [7, 11) is 1.55. The molecule has 0 atom stereocenters. The highest BCUT2D eigenvalue weighted by molar-refractivity contribution is 5.96. The van der Waals surface area contributed by atoms with Crippen LogP contribution in [0.4, 0.5) is 13.2 Å². The Labute approximate surface area is 148 Å². The van der Waals surface area contributed by atoms with Crippen molar-refractivity contribution >= 4 is 11.8 Å². The summed E-state index contributed by atoms with van der Waals surface area (Å²) in [6.45, 7) is -0.100. The molecule has 0 aliphatic rings. The molecule has 0 heterocycles. The minimum Gasteiger partial charge on any atom is -0.497 e. The Morgan fingerprint density at radius 2 is 1.81 bits per heavy atom. The maximum absolute atomic E-state index is 13.5. The van der Waals surface area contributed by atoms with E-state index in [0.29, 0.717) is 24.8 Å². The molecule has 0 aliphatic heterocycles. The first-order valence-electron chi connectivity index (χ1n) is 7.73. The van der Waals surface area contributed by atoms with Crippen molar-refractivity contribution in [1.82, 2.24) is 10.6 Å². The topological polar surface area (TPSA) is 67.4 Å². The van der Waals surface area contributed by atoms with E-state index in [2.05, 4.69) is 10.6 Å². The molecule has 0 radical (unpaired) electrons. The van der Waals surface area contributed by atoms with Crippen LogP contribution in [0.2, 0.25) is 0 Å². The zero-order chi connectivity index (χ0) is 19.1. The van der Waals surface area contributed by atoms with Gasteiger partial charge in [-0.25, -0.2) is 13.2 Å². The predicted molar refractivity (Wildman–Crippen MR) is 88.4 cm³/mol. The number of amides is 2. The second-order valence-corrected chi connectivity index (χ2v) is 5.36. The summed E-state index contributed by atoms with van der Waals surface area (Å²) in [5.41, 5.74) is 0.283. The lowest BCUT2D eigenvalue weighted by Crippen LogP contribution is -2.38. The number of ether oxygens (including phenoxy) is 1. The van der Waals surface area contributed by atoms with Gasteiger partial charge in [0.2, 0.25) is 5.91 Å². The van der Waals surface area contributed by atoms with Gasteiger partial charge in [0, 0.05) is 6.54 Å². The Hall–Kier alpha value is -3.03. The van der Waals surface area contributed by atoms with Crippen LogP contribution in [0.15, 0.2) is 36.4 Å². The van der Waals surface area contributed by atoms with E-state index < -0.39 is 41.4 Å². The summed E-state index contributed by atoms with van der Waals surface area (Å²) in [6, 6.07) is 8.79. The van der Waals surface area contributed by atoms with Crippen molar-refractivity contribution in [1.29, 1.82) is 0 Å². The number of benzene rings is 2. The van der Waals surface area contributed by atoms with Gasteiger partial charge in [0.1, 0.15) is 5.75 Å². The first kappa shape index (κ1) is 19.3. The Bertz CT molecular complexity index is 812. The van der Waals surface area contributed by atoms with Crippen LogP contribution in [-0.4, -0.2) is 32.0 Å². The average Bonchev–Trinajstić information content (AvgIpc) is 2.64. The van der Waals surface area contributed by atoms with Gasteiger partial charge in [0.25, 0.3) is 5.91 Å². The van der Waals surface area contributed by atoms with E-state index in [1.54, 1.807) is 13.2 Å². The van der Waals surface area contributed by atoms with Crippen LogP contribution in [0, 0.1) is 17.5 Å². The summed E-state index contributed by atoms with van der Waals surface area (Å²) in [4.78, 5) is 23.5. The molecule has 0 bridgehead atoms. The van der Waals surface area contributed by atoms with E-state index in [1.165, 1.54) is 0 Å². The average molecular weight is 366 g/mol. The summed E-state index contributed by atoms with van der Waals surface area (Å²) in [5, 5.41) is 4.74. The molecule has 2 aromatic rings. The van der Waals surface area contributed by atoms with E-state index in [4.69, 9.17) is 4.74 Å². The molecule has 5 nitrogen and oxygen atoms in total. The molecule has 0 unspecified atom stereocenters. The number of nitrogens with one attached hydrogen (secondary N) is 2. The summed E-state index contributed by atoms with van der Waals surface area (Å²) in [6.07, 6.45) is 0.550. The number of methoxy groups -OCH3 is 1. The van der Waals surface area contributed by atoms with Crippen molar-refractivity contribution in [3.05, 3.63) is 65.0 Å². The molecule has 2 N–H and O–H groups in total. The summed E-state index contributed by atoms with van der Waals surface area (Å²) in [5.74, 6) is -5.53. The zero-order valence-corrected chi connectivity index (χ0v) is 13.9. The SMILES string of the molecule is COc1cccc(CCNC(=O)CNC(=O)c2ccc(F)c(F)c2F)c1. The molecule has 2 rings (SSSR count). The fourth-order valence-corrected chi connectivity index (χ4v) is 2.19. The highest BCUT2D eigenvalue weighted by Gasteiger charge is 2.19. The molecule has 0 spiro atoms. The van der Waals surface area contributed by atoms with Crippen molar-refractivity contribution in [2.75, 3.05) is 20.2 Å². The van der Waals surface area contributed by atoms with Gasteiger partial charge in [0.05, 0.1) is 19.2 Å². The van der Waals surface area contributed by atoms with Crippen LogP contribution in [0.1, 0.15) is 15.9 Å². The van der Waals surface area contributed by atoms with Crippen LogP contribution < -0.4 is 15.4 Å². The number of halogens is 3. The van der Waals surface area contributed by atoms with Gasteiger partial charge in [-0.05, 0) is 36.2 Å². The van der Waals surface area contributed by atoms with Gasteiger partial charge in [-0.1, -0.05) is 12.1 Å². The van der Waals surface area contributed by atoms with Crippen molar-refractivity contribution in [2.45, 2.75) is 6.42 Å². The second kappa shape index (κ2) is 8.89.